The Kier molecular flexibility index (Phi) is 9.46. The molecule has 2 heterocycles. The third kappa shape index (κ3) is 7.13. The second kappa shape index (κ2) is 16.2. The second-order valence-electron chi connectivity index (χ2n) is 16.3. The maximum absolute atomic E-state index is 6.79. The minimum atomic E-state index is 0.575. The SMILES string of the molecule is c1ccc(-c2ccc(-c3ccc(-c4nc(-c5cccc(-c6cccc7ccccc67)c5)nc(-c5cccc6oc7c(-c8cccc(-c9ccccc9)c8)cccc7c56)n4)cc3)cc2)cc1. The Labute approximate surface area is 376 Å². The summed E-state index contributed by atoms with van der Waals surface area (Å²) >= 11 is 0. The fourth-order valence-electron chi connectivity index (χ4n) is 9.11. The van der Waals surface area contributed by atoms with E-state index < -0.39 is 0 Å². The van der Waals surface area contributed by atoms with E-state index in [0.717, 1.165) is 77.6 Å². The third-order valence-corrected chi connectivity index (χ3v) is 12.4. The van der Waals surface area contributed by atoms with Gasteiger partial charge in [0.2, 0.25) is 0 Å². The highest BCUT2D eigenvalue weighted by molar-refractivity contribution is 6.15. The lowest BCUT2D eigenvalue weighted by atomic mass is 9.96. The van der Waals surface area contributed by atoms with Crippen molar-refractivity contribution in [1.82, 2.24) is 15.0 Å². The van der Waals surface area contributed by atoms with Crippen molar-refractivity contribution in [2.45, 2.75) is 0 Å². The van der Waals surface area contributed by atoms with Gasteiger partial charge in [-0.3, -0.25) is 0 Å². The molecule has 0 saturated heterocycles. The first-order valence-corrected chi connectivity index (χ1v) is 21.9. The van der Waals surface area contributed by atoms with Crippen LogP contribution in [-0.4, -0.2) is 15.0 Å². The van der Waals surface area contributed by atoms with Gasteiger partial charge in [0.15, 0.2) is 17.5 Å². The van der Waals surface area contributed by atoms with Crippen LogP contribution in [0.25, 0.3) is 123 Å². The van der Waals surface area contributed by atoms with Gasteiger partial charge in [-0.2, -0.15) is 0 Å². The van der Waals surface area contributed by atoms with E-state index in [1.807, 2.05) is 24.3 Å². The van der Waals surface area contributed by atoms with Crippen molar-refractivity contribution in [3.05, 3.63) is 237 Å². The summed E-state index contributed by atoms with van der Waals surface area (Å²) in [6, 6.07) is 82.9. The van der Waals surface area contributed by atoms with Gasteiger partial charge >= 0.3 is 0 Å². The third-order valence-electron chi connectivity index (χ3n) is 12.4. The molecule has 10 aromatic carbocycles. The van der Waals surface area contributed by atoms with E-state index in [1.54, 1.807) is 0 Å². The fraction of sp³-hybridized carbons (Fsp3) is 0. The zero-order valence-electron chi connectivity index (χ0n) is 35.3. The molecule has 4 heteroatoms. The Morgan fingerprint density at radius 3 is 1.42 bits per heavy atom. The molecule has 12 aromatic rings. The van der Waals surface area contributed by atoms with Crippen molar-refractivity contribution in [2.24, 2.45) is 0 Å². The molecule has 0 atom stereocenters. The van der Waals surface area contributed by atoms with Crippen LogP contribution in [0.3, 0.4) is 0 Å². The van der Waals surface area contributed by atoms with Gasteiger partial charge < -0.3 is 4.42 Å². The molecule has 0 N–H and O–H groups in total. The Morgan fingerprint density at radius 1 is 0.262 bits per heavy atom. The van der Waals surface area contributed by atoms with E-state index in [-0.39, 0.29) is 0 Å². The smallest absolute Gasteiger partial charge is 0.164 e. The van der Waals surface area contributed by atoms with Crippen LogP contribution < -0.4 is 0 Å². The first kappa shape index (κ1) is 38.0. The number of para-hydroxylation sites is 1. The standard InChI is InChI=1S/C61H39N3O/c1-3-14-40(15-4-1)42-30-32-43(33-31-42)44-34-36-46(37-35-44)59-62-60(50-23-10-21-48(39-50)52-25-11-19-45-18-7-8-24-51(45)52)64-61(63-59)55-28-13-29-56-57(55)54-27-12-26-53(58(54)65-56)49-22-9-20-47(38-49)41-16-5-2-6-17-41/h1-39H. The molecular formula is C61H39N3O. The summed E-state index contributed by atoms with van der Waals surface area (Å²) in [4.78, 5) is 15.8. The summed E-state index contributed by atoms with van der Waals surface area (Å²) in [6.07, 6.45) is 0. The van der Waals surface area contributed by atoms with Crippen LogP contribution in [0.15, 0.2) is 241 Å². The van der Waals surface area contributed by atoms with Gasteiger partial charge in [-0.25, -0.2) is 15.0 Å². The van der Waals surface area contributed by atoms with Gasteiger partial charge in [-0.05, 0) is 79.0 Å². The van der Waals surface area contributed by atoms with Crippen molar-refractivity contribution < 1.29 is 4.42 Å². The molecule has 4 nitrogen and oxygen atoms in total. The lowest BCUT2D eigenvalue weighted by molar-refractivity contribution is 0.670. The molecule has 0 saturated carbocycles. The fourth-order valence-corrected chi connectivity index (χ4v) is 9.11. The highest BCUT2D eigenvalue weighted by Gasteiger charge is 2.20. The quantitative estimate of drug-likeness (QED) is 0.153. The monoisotopic (exact) mass is 829 g/mol. The Bertz CT molecular complexity index is 3680. The van der Waals surface area contributed by atoms with Crippen molar-refractivity contribution in [2.75, 3.05) is 0 Å². The molecule has 65 heavy (non-hydrogen) atoms. The van der Waals surface area contributed by atoms with Crippen LogP contribution in [-0.2, 0) is 0 Å². The maximum Gasteiger partial charge on any atom is 0.164 e. The summed E-state index contributed by atoms with van der Waals surface area (Å²) < 4.78 is 6.79. The highest BCUT2D eigenvalue weighted by Crippen LogP contribution is 2.41. The maximum atomic E-state index is 6.79. The Hall–Kier alpha value is -8.73. The average molecular weight is 830 g/mol. The molecule has 0 radical (unpaired) electrons. The van der Waals surface area contributed by atoms with Crippen LogP contribution >= 0.6 is 0 Å². The second-order valence-corrected chi connectivity index (χ2v) is 16.3. The number of furan rings is 1. The van der Waals surface area contributed by atoms with Gasteiger partial charge in [0.25, 0.3) is 0 Å². The van der Waals surface area contributed by atoms with Crippen LogP contribution in [0.1, 0.15) is 0 Å². The molecule has 304 valence electrons. The molecule has 0 unspecified atom stereocenters. The molecule has 0 aliphatic heterocycles. The summed E-state index contributed by atoms with van der Waals surface area (Å²) in [5.74, 6) is 1.76. The summed E-state index contributed by atoms with van der Waals surface area (Å²) in [7, 11) is 0. The highest BCUT2D eigenvalue weighted by atomic mass is 16.3. The molecule has 0 bridgehead atoms. The van der Waals surface area contributed by atoms with Crippen LogP contribution in [0.5, 0.6) is 0 Å². The topological polar surface area (TPSA) is 51.8 Å². The molecule has 0 amide bonds. The van der Waals surface area contributed by atoms with Gasteiger partial charge in [0.1, 0.15) is 11.2 Å². The number of rotatable bonds is 8. The number of hydrogen-bond donors (Lipinski definition) is 0. The normalized spacial score (nSPS) is 11.4. The Morgan fingerprint density at radius 2 is 0.692 bits per heavy atom. The number of hydrogen-bond acceptors (Lipinski definition) is 4. The molecule has 0 aliphatic rings. The summed E-state index contributed by atoms with van der Waals surface area (Å²) in [5, 5.41) is 4.36. The summed E-state index contributed by atoms with van der Waals surface area (Å²) in [6.45, 7) is 0. The van der Waals surface area contributed by atoms with E-state index in [9.17, 15) is 0 Å². The van der Waals surface area contributed by atoms with Crippen LogP contribution in [0.4, 0.5) is 0 Å². The van der Waals surface area contributed by atoms with E-state index in [1.165, 1.54) is 27.5 Å². The van der Waals surface area contributed by atoms with Crippen molar-refractivity contribution in [3.63, 3.8) is 0 Å². The first-order valence-electron chi connectivity index (χ1n) is 21.9. The van der Waals surface area contributed by atoms with E-state index in [4.69, 9.17) is 19.4 Å². The Balaban J connectivity index is 0.991. The van der Waals surface area contributed by atoms with Crippen LogP contribution in [0, 0.1) is 0 Å². The molecule has 2 aromatic heterocycles. The molecular weight excluding hydrogens is 791 g/mol. The van der Waals surface area contributed by atoms with E-state index in [0.29, 0.717) is 17.5 Å². The van der Waals surface area contributed by atoms with E-state index >= 15 is 0 Å². The number of fused-ring (bicyclic) bond motifs is 4. The number of nitrogens with zero attached hydrogens (tertiary/aromatic N) is 3. The zero-order valence-corrected chi connectivity index (χ0v) is 35.3. The van der Waals surface area contributed by atoms with Crippen molar-refractivity contribution in [3.8, 4) is 89.8 Å². The number of aromatic nitrogens is 3. The van der Waals surface area contributed by atoms with Crippen molar-refractivity contribution >= 4 is 32.7 Å². The van der Waals surface area contributed by atoms with E-state index in [2.05, 4.69) is 212 Å². The minimum absolute atomic E-state index is 0.575. The largest absolute Gasteiger partial charge is 0.455 e. The van der Waals surface area contributed by atoms with Gasteiger partial charge in [-0.1, -0.05) is 218 Å². The predicted octanol–water partition coefficient (Wildman–Crippen LogP) is 16.3. The molecule has 0 spiro atoms. The van der Waals surface area contributed by atoms with Gasteiger partial charge in [0, 0.05) is 33.0 Å². The summed E-state index contributed by atoms with van der Waals surface area (Å²) in [5.41, 5.74) is 15.6. The van der Waals surface area contributed by atoms with Crippen LogP contribution in [0.2, 0.25) is 0 Å². The zero-order chi connectivity index (χ0) is 43.1. The molecule has 0 aliphatic carbocycles. The molecule has 12 rings (SSSR count). The van der Waals surface area contributed by atoms with Gasteiger partial charge in [0.05, 0.1) is 0 Å². The number of benzene rings is 10. The average Bonchev–Trinajstić information content (AvgIpc) is 3.78. The lowest BCUT2D eigenvalue weighted by Gasteiger charge is -2.12. The minimum Gasteiger partial charge on any atom is -0.455 e. The van der Waals surface area contributed by atoms with Crippen molar-refractivity contribution in [1.29, 1.82) is 0 Å². The molecule has 0 fully saturated rings. The van der Waals surface area contributed by atoms with Gasteiger partial charge in [-0.15, -0.1) is 0 Å². The first-order chi connectivity index (χ1) is 32.2. The predicted molar refractivity (Wildman–Crippen MR) is 268 cm³/mol. The lowest BCUT2D eigenvalue weighted by Crippen LogP contribution is -2.00.